The van der Waals surface area contributed by atoms with Crippen molar-refractivity contribution in [3.8, 4) is 5.75 Å². The molecule has 4 rings (SSSR count). The second-order valence-electron chi connectivity index (χ2n) is 8.21. The highest BCUT2D eigenvalue weighted by Gasteiger charge is 2.23. The lowest BCUT2D eigenvalue weighted by Gasteiger charge is -2.21. The Morgan fingerprint density at radius 3 is 2.10 bits per heavy atom. The van der Waals surface area contributed by atoms with Gasteiger partial charge in [0, 0.05) is 10.8 Å². The van der Waals surface area contributed by atoms with Gasteiger partial charge >= 0.3 is 12.1 Å². The monoisotopic (exact) mass is 389 g/mol. The van der Waals surface area contributed by atoms with Crippen molar-refractivity contribution in [1.82, 2.24) is 5.32 Å². The molecule has 0 aliphatic rings. The van der Waals surface area contributed by atoms with E-state index in [0.29, 0.717) is 5.75 Å². The molecule has 0 spiro atoms. The van der Waals surface area contributed by atoms with Gasteiger partial charge in [-0.3, -0.25) is 0 Å². The molecule has 1 N–H and O–H groups in total. The second kappa shape index (κ2) is 6.92. The number of hydrogen-bond donors (Lipinski definition) is 1. The van der Waals surface area contributed by atoms with Crippen LogP contribution in [0.2, 0.25) is 0 Å². The number of benzene rings is 4. The highest BCUT2D eigenvalue weighted by Crippen LogP contribution is 2.38. The standard InChI is InChI=1S/C24H23NO4/c1-14(25-23(27)29-24(2,3)4)22(26)28-19-13-11-17-9-8-15-6-5-7-16-10-12-18(19)21(17)20(15)16/h5-14H,1-4H3,(H,25,27)/t14-/m0/s1. The number of hydrogen-bond acceptors (Lipinski definition) is 4. The van der Waals surface area contributed by atoms with Crippen molar-refractivity contribution < 1.29 is 19.1 Å². The summed E-state index contributed by atoms with van der Waals surface area (Å²) in [5.74, 6) is -0.0792. The molecule has 5 heteroatoms. The van der Waals surface area contributed by atoms with Crippen LogP contribution < -0.4 is 10.1 Å². The van der Waals surface area contributed by atoms with Gasteiger partial charge in [0.25, 0.3) is 0 Å². The minimum Gasteiger partial charge on any atom is -0.444 e. The van der Waals surface area contributed by atoms with Crippen LogP contribution in [0.5, 0.6) is 5.75 Å². The topological polar surface area (TPSA) is 64.6 Å². The van der Waals surface area contributed by atoms with Crippen molar-refractivity contribution in [1.29, 1.82) is 0 Å². The molecule has 0 aliphatic carbocycles. The summed E-state index contributed by atoms with van der Waals surface area (Å²) < 4.78 is 10.9. The molecule has 148 valence electrons. The van der Waals surface area contributed by atoms with E-state index in [1.807, 2.05) is 24.3 Å². The van der Waals surface area contributed by atoms with E-state index in [2.05, 4.69) is 29.6 Å². The predicted octanol–water partition coefficient (Wildman–Crippen LogP) is 5.40. The first-order chi connectivity index (χ1) is 13.7. The number of esters is 1. The number of amides is 1. The van der Waals surface area contributed by atoms with Crippen molar-refractivity contribution in [2.24, 2.45) is 0 Å². The van der Waals surface area contributed by atoms with E-state index in [-0.39, 0.29) is 0 Å². The third-order valence-electron chi connectivity index (χ3n) is 4.79. The van der Waals surface area contributed by atoms with Crippen LogP contribution >= 0.6 is 0 Å². The molecule has 0 unspecified atom stereocenters. The number of carbonyl (C=O) groups is 2. The molecule has 4 aromatic rings. The van der Waals surface area contributed by atoms with Crippen LogP contribution in [-0.2, 0) is 9.53 Å². The quantitative estimate of drug-likeness (QED) is 0.289. The van der Waals surface area contributed by atoms with Gasteiger partial charge in [0.1, 0.15) is 17.4 Å². The highest BCUT2D eigenvalue weighted by atomic mass is 16.6. The first-order valence-corrected chi connectivity index (χ1v) is 9.61. The van der Waals surface area contributed by atoms with Crippen LogP contribution in [0.4, 0.5) is 4.79 Å². The van der Waals surface area contributed by atoms with Crippen molar-refractivity contribution in [3.63, 3.8) is 0 Å². The van der Waals surface area contributed by atoms with E-state index in [1.54, 1.807) is 33.8 Å². The lowest BCUT2D eigenvalue weighted by Crippen LogP contribution is -2.43. The Hall–Kier alpha value is -3.34. The highest BCUT2D eigenvalue weighted by molar-refractivity contribution is 6.24. The molecule has 0 saturated carbocycles. The summed E-state index contributed by atoms with van der Waals surface area (Å²) >= 11 is 0. The molecule has 0 bridgehead atoms. The summed E-state index contributed by atoms with van der Waals surface area (Å²) in [6.45, 7) is 6.86. The van der Waals surface area contributed by atoms with Gasteiger partial charge in [-0.05, 0) is 61.4 Å². The maximum atomic E-state index is 12.6. The summed E-state index contributed by atoms with van der Waals surface area (Å²) in [5, 5.41) is 8.98. The Morgan fingerprint density at radius 2 is 1.45 bits per heavy atom. The van der Waals surface area contributed by atoms with Crippen molar-refractivity contribution >= 4 is 44.4 Å². The van der Waals surface area contributed by atoms with Crippen molar-refractivity contribution in [2.45, 2.75) is 39.3 Å². The van der Waals surface area contributed by atoms with Gasteiger partial charge in [0.15, 0.2) is 0 Å². The summed E-state index contributed by atoms with van der Waals surface area (Å²) in [7, 11) is 0. The van der Waals surface area contributed by atoms with E-state index in [9.17, 15) is 9.59 Å². The second-order valence-corrected chi connectivity index (χ2v) is 8.21. The smallest absolute Gasteiger partial charge is 0.408 e. The van der Waals surface area contributed by atoms with Gasteiger partial charge in [-0.2, -0.15) is 0 Å². The van der Waals surface area contributed by atoms with Crippen LogP contribution in [0.3, 0.4) is 0 Å². The Kier molecular flexibility index (Phi) is 4.53. The fourth-order valence-corrected chi connectivity index (χ4v) is 3.54. The molecular formula is C24H23NO4. The third-order valence-corrected chi connectivity index (χ3v) is 4.79. The number of nitrogens with one attached hydrogen (secondary N) is 1. The zero-order chi connectivity index (χ0) is 20.8. The van der Waals surface area contributed by atoms with Crippen molar-refractivity contribution in [3.05, 3.63) is 54.6 Å². The Morgan fingerprint density at radius 1 is 0.862 bits per heavy atom. The molecule has 0 radical (unpaired) electrons. The summed E-state index contributed by atoms with van der Waals surface area (Å²) in [6.07, 6.45) is -0.655. The van der Waals surface area contributed by atoms with Gasteiger partial charge in [-0.25, -0.2) is 9.59 Å². The molecule has 0 aliphatic heterocycles. The molecule has 0 aromatic heterocycles. The summed E-state index contributed by atoms with van der Waals surface area (Å²) in [5.41, 5.74) is -0.639. The predicted molar refractivity (Wildman–Crippen MR) is 115 cm³/mol. The van der Waals surface area contributed by atoms with Crippen LogP contribution in [0.15, 0.2) is 54.6 Å². The Bertz CT molecular complexity index is 1210. The normalized spacial score (nSPS) is 13.0. The van der Waals surface area contributed by atoms with Crippen LogP contribution in [0.25, 0.3) is 32.3 Å². The van der Waals surface area contributed by atoms with Crippen LogP contribution in [-0.4, -0.2) is 23.7 Å². The lowest BCUT2D eigenvalue weighted by molar-refractivity contribution is -0.136. The fraction of sp³-hybridized carbons (Fsp3) is 0.250. The average molecular weight is 389 g/mol. The minimum atomic E-state index is -0.844. The number of rotatable bonds is 3. The maximum Gasteiger partial charge on any atom is 0.408 e. The first kappa shape index (κ1) is 19.0. The molecule has 1 amide bonds. The zero-order valence-corrected chi connectivity index (χ0v) is 16.9. The molecule has 5 nitrogen and oxygen atoms in total. The molecule has 1 atom stereocenters. The van der Waals surface area contributed by atoms with Gasteiger partial charge in [-0.1, -0.05) is 42.5 Å². The molecule has 4 aromatic carbocycles. The molecular weight excluding hydrogens is 366 g/mol. The SMILES string of the molecule is C[C@H](NC(=O)OC(C)(C)C)C(=O)Oc1ccc2ccc3cccc4ccc1c2c34. The largest absolute Gasteiger partial charge is 0.444 e. The van der Waals surface area contributed by atoms with E-state index in [4.69, 9.17) is 9.47 Å². The third kappa shape index (κ3) is 3.68. The van der Waals surface area contributed by atoms with Crippen LogP contribution in [0, 0.1) is 0 Å². The zero-order valence-electron chi connectivity index (χ0n) is 16.9. The number of carbonyl (C=O) groups excluding carboxylic acids is 2. The lowest BCUT2D eigenvalue weighted by atomic mass is 9.94. The number of ether oxygens (including phenoxy) is 2. The molecule has 0 fully saturated rings. The van der Waals surface area contributed by atoms with E-state index in [1.165, 1.54) is 0 Å². The molecule has 29 heavy (non-hydrogen) atoms. The Balaban J connectivity index is 1.64. The molecule has 0 saturated heterocycles. The van der Waals surface area contributed by atoms with Gasteiger partial charge in [0.05, 0.1) is 0 Å². The van der Waals surface area contributed by atoms with Gasteiger partial charge < -0.3 is 14.8 Å². The van der Waals surface area contributed by atoms with Gasteiger partial charge in [-0.15, -0.1) is 0 Å². The van der Waals surface area contributed by atoms with E-state index in [0.717, 1.165) is 32.3 Å². The summed E-state index contributed by atoms with van der Waals surface area (Å²) in [4.78, 5) is 24.5. The van der Waals surface area contributed by atoms with Crippen molar-refractivity contribution in [2.75, 3.05) is 0 Å². The molecule has 0 heterocycles. The summed E-state index contributed by atoms with van der Waals surface area (Å²) in [6, 6.07) is 17.3. The van der Waals surface area contributed by atoms with E-state index >= 15 is 0 Å². The minimum absolute atomic E-state index is 0.471. The maximum absolute atomic E-state index is 12.6. The number of alkyl carbamates (subject to hydrolysis) is 1. The van der Waals surface area contributed by atoms with E-state index < -0.39 is 23.7 Å². The average Bonchev–Trinajstić information content (AvgIpc) is 2.65. The van der Waals surface area contributed by atoms with Crippen LogP contribution in [0.1, 0.15) is 27.7 Å². The first-order valence-electron chi connectivity index (χ1n) is 9.61. The van der Waals surface area contributed by atoms with Gasteiger partial charge in [0.2, 0.25) is 0 Å². The fourth-order valence-electron chi connectivity index (χ4n) is 3.54. The Labute approximate surface area is 168 Å².